The van der Waals surface area contributed by atoms with Crippen molar-refractivity contribution in [2.75, 3.05) is 29.1 Å². The lowest BCUT2D eigenvalue weighted by Crippen LogP contribution is -2.20. The summed E-state index contributed by atoms with van der Waals surface area (Å²) in [7, 11) is 0. The number of carbonyl (C=O) groups excluding carboxylic acids is 2. The molecule has 1 heterocycles. The Morgan fingerprint density at radius 3 is 2.38 bits per heavy atom. The zero-order valence-electron chi connectivity index (χ0n) is 18.9. The van der Waals surface area contributed by atoms with E-state index in [2.05, 4.69) is 25.9 Å². The number of aromatic nitrogens is 2. The number of urea groups is 1. The molecule has 4 N–H and O–H groups in total. The van der Waals surface area contributed by atoms with Gasteiger partial charge in [0, 0.05) is 23.5 Å². The van der Waals surface area contributed by atoms with Gasteiger partial charge in [-0.3, -0.25) is 9.78 Å². The molecule has 190 valence electrons. The maximum atomic E-state index is 14.8. The molecule has 0 aliphatic rings. The summed E-state index contributed by atoms with van der Waals surface area (Å²) >= 11 is 0. The number of hydrogen-bond donors (Lipinski definition) is 4. The molecular formula is C25H19F4N5O3. The second-order valence-corrected chi connectivity index (χ2v) is 7.79. The van der Waals surface area contributed by atoms with Gasteiger partial charge in [0.15, 0.2) is 5.78 Å². The first-order chi connectivity index (χ1) is 17.6. The minimum atomic E-state index is -4.57. The standard InChI is InChI=1S/C25H19F4N5O3/c26-19-12-17(33-24(37)32-16-3-1-2-15(11-16)25(27,28)29)5-6-18(19)23(36)14-4-7-20-21(10-14)34-22(13-31-20)30-8-9-35/h1-7,10-13,35H,8-9H2,(H,30,34)(H2,32,33,37). The van der Waals surface area contributed by atoms with Gasteiger partial charge in [0.2, 0.25) is 0 Å². The highest BCUT2D eigenvalue weighted by Gasteiger charge is 2.30. The van der Waals surface area contributed by atoms with Crippen molar-refractivity contribution in [1.29, 1.82) is 0 Å². The molecule has 0 spiro atoms. The van der Waals surface area contributed by atoms with Crippen LogP contribution in [0.15, 0.2) is 66.9 Å². The second-order valence-electron chi connectivity index (χ2n) is 7.79. The van der Waals surface area contributed by atoms with Crippen LogP contribution in [0.3, 0.4) is 0 Å². The highest BCUT2D eigenvalue weighted by atomic mass is 19.4. The Labute approximate surface area is 207 Å². The normalized spacial score (nSPS) is 11.3. The van der Waals surface area contributed by atoms with Gasteiger partial charge in [0.05, 0.1) is 35.0 Å². The smallest absolute Gasteiger partial charge is 0.395 e. The number of anilines is 3. The molecule has 0 saturated heterocycles. The van der Waals surface area contributed by atoms with Crippen LogP contribution in [0.2, 0.25) is 0 Å². The van der Waals surface area contributed by atoms with Crippen molar-refractivity contribution >= 4 is 40.0 Å². The third-order valence-corrected chi connectivity index (χ3v) is 5.14. The summed E-state index contributed by atoms with van der Waals surface area (Å²) < 4.78 is 53.3. The van der Waals surface area contributed by atoms with Gasteiger partial charge >= 0.3 is 12.2 Å². The fourth-order valence-electron chi connectivity index (χ4n) is 3.42. The molecule has 0 atom stereocenters. The third kappa shape index (κ3) is 6.16. The van der Waals surface area contributed by atoms with Crippen molar-refractivity contribution in [3.8, 4) is 0 Å². The monoisotopic (exact) mass is 513 g/mol. The molecule has 0 unspecified atom stereocenters. The Hall–Kier alpha value is -4.58. The Morgan fingerprint density at radius 1 is 0.919 bits per heavy atom. The SMILES string of the molecule is O=C(Nc1cccc(C(F)(F)F)c1)Nc1ccc(C(=O)c2ccc3ncc(NCCO)nc3c2)c(F)c1. The third-order valence-electron chi connectivity index (χ3n) is 5.14. The highest BCUT2D eigenvalue weighted by Crippen LogP contribution is 2.30. The summed E-state index contributed by atoms with van der Waals surface area (Å²) in [5.41, 5.74) is -0.252. The molecule has 37 heavy (non-hydrogen) atoms. The lowest BCUT2D eigenvalue weighted by atomic mass is 10.0. The number of alkyl halides is 3. The number of halogens is 4. The lowest BCUT2D eigenvalue weighted by molar-refractivity contribution is -0.137. The van der Waals surface area contributed by atoms with E-state index < -0.39 is 29.4 Å². The van der Waals surface area contributed by atoms with E-state index in [1.165, 1.54) is 36.5 Å². The number of rotatable bonds is 7. The van der Waals surface area contributed by atoms with Gasteiger partial charge in [0.1, 0.15) is 11.6 Å². The molecule has 4 rings (SSSR count). The van der Waals surface area contributed by atoms with Crippen molar-refractivity contribution in [1.82, 2.24) is 9.97 Å². The predicted molar refractivity (Wildman–Crippen MR) is 129 cm³/mol. The molecule has 0 bridgehead atoms. The van der Waals surface area contributed by atoms with Gasteiger partial charge in [-0.05, 0) is 54.6 Å². The number of amides is 2. The van der Waals surface area contributed by atoms with Crippen molar-refractivity contribution < 1.29 is 32.3 Å². The largest absolute Gasteiger partial charge is 0.416 e. The summed E-state index contributed by atoms with van der Waals surface area (Å²) in [4.78, 5) is 33.7. The summed E-state index contributed by atoms with van der Waals surface area (Å²) in [5.74, 6) is -1.14. The van der Waals surface area contributed by atoms with Crippen LogP contribution in [0.25, 0.3) is 11.0 Å². The van der Waals surface area contributed by atoms with Gasteiger partial charge in [-0.2, -0.15) is 13.2 Å². The molecule has 0 aliphatic carbocycles. The van der Waals surface area contributed by atoms with E-state index in [0.29, 0.717) is 16.9 Å². The molecule has 1 aromatic heterocycles. The number of carbonyl (C=O) groups is 2. The van der Waals surface area contributed by atoms with Crippen LogP contribution in [-0.4, -0.2) is 40.0 Å². The summed E-state index contributed by atoms with van der Waals surface area (Å²) in [5, 5.41) is 16.4. The maximum absolute atomic E-state index is 14.8. The zero-order valence-corrected chi connectivity index (χ0v) is 18.9. The first-order valence-electron chi connectivity index (χ1n) is 10.8. The second kappa shape index (κ2) is 10.6. The van der Waals surface area contributed by atoms with Crippen LogP contribution in [0, 0.1) is 5.82 Å². The molecule has 0 fully saturated rings. The zero-order chi connectivity index (χ0) is 26.6. The van der Waals surface area contributed by atoms with Gasteiger partial charge in [-0.15, -0.1) is 0 Å². The number of aliphatic hydroxyl groups is 1. The van der Waals surface area contributed by atoms with E-state index in [1.54, 1.807) is 6.07 Å². The minimum absolute atomic E-state index is 0.0116. The van der Waals surface area contributed by atoms with Crippen molar-refractivity contribution in [3.63, 3.8) is 0 Å². The summed E-state index contributed by atoms with van der Waals surface area (Å²) in [6, 6.07) is 11.1. The van der Waals surface area contributed by atoms with Crippen LogP contribution in [-0.2, 0) is 6.18 Å². The minimum Gasteiger partial charge on any atom is -0.395 e. The fraction of sp³-hybridized carbons (Fsp3) is 0.120. The van der Waals surface area contributed by atoms with Crippen LogP contribution >= 0.6 is 0 Å². The molecule has 0 aliphatic heterocycles. The van der Waals surface area contributed by atoms with E-state index >= 15 is 0 Å². The van der Waals surface area contributed by atoms with Crippen molar-refractivity contribution in [3.05, 3.63) is 89.4 Å². The molecule has 2 amide bonds. The van der Waals surface area contributed by atoms with E-state index in [4.69, 9.17) is 5.11 Å². The molecule has 8 nitrogen and oxygen atoms in total. The number of nitrogens with one attached hydrogen (secondary N) is 3. The van der Waals surface area contributed by atoms with Crippen LogP contribution < -0.4 is 16.0 Å². The summed E-state index contributed by atoms with van der Waals surface area (Å²) in [6.07, 6.45) is -3.09. The Bertz CT molecular complexity index is 1480. The number of hydrogen-bond acceptors (Lipinski definition) is 6. The van der Waals surface area contributed by atoms with Crippen LogP contribution in [0.4, 0.5) is 39.5 Å². The van der Waals surface area contributed by atoms with E-state index in [-0.39, 0.29) is 35.7 Å². The molecule has 0 radical (unpaired) electrons. The van der Waals surface area contributed by atoms with Crippen LogP contribution in [0.1, 0.15) is 21.5 Å². The number of aliphatic hydroxyl groups excluding tert-OH is 1. The lowest BCUT2D eigenvalue weighted by Gasteiger charge is -2.11. The summed E-state index contributed by atoms with van der Waals surface area (Å²) in [6.45, 7) is 0.164. The average Bonchev–Trinajstić information content (AvgIpc) is 2.86. The van der Waals surface area contributed by atoms with Crippen molar-refractivity contribution in [2.45, 2.75) is 6.18 Å². The first-order valence-corrected chi connectivity index (χ1v) is 10.8. The quantitative estimate of drug-likeness (QED) is 0.203. The molecule has 0 saturated carbocycles. The molecule has 4 aromatic rings. The maximum Gasteiger partial charge on any atom is 0.416 e. The predicted octanol–water partition coefficient (Wildman–Crippen LogP) is 5.07. The Kier molecular flexibility index (Phi) is 7.30. The number of benzene rings is 3. The number of ketones is 1. The Morgan fingerprint density at radius 2 is 1.68 bits per heavy atom. The highest BCUT2D eigenvalue weighted by molar-refractivity contribution is 6.10. The van der Waals surface area contributed by atoms with Gasteiger partial charge in [-0.25, -0.2) is 14.2 Å². The van der Waals surface area contributed by atoms with E-state index in [1.807, 2.05) is 0 Å². The van der Waals surface area contributed by atoms with Crippen molar-refractivity contribution in [2.24, 2.45) is 0 Å². The fourth-order valence-corrected chi connectivity index (χ4v) is 3.42. The number of nitrogens with zero attached hydrogens (tertiary/aromatic N) is 2. The van der Waals surface area contributed by atoms with E-state index in [9.17, 15) is 27.2 Å². The molecule has 3 aromatic carbocycles. The van der Waals surface area contributed by atoms with E-state index in [0.717, 1.165) is 24.3 Å². The molecule has 12 heteroatoms. The first kappa shape index (κ1) is 25.5. The Balaban J connectivity index is 1.48. The van der Waals surface area contributed by atoms with Gasteiger partial charge in [-0.1, -0.05) is 6.07 Å². The molecular weight excluding hydrogens is 494 g/mol. The topological polar surface area (TPSA) is 116 Å². The number of fused-ring (bicyclic) bond motifs is 1. The average molecular weight is 513 g/mol. The van der Waals surface area contributed by atoms with Gasteiger partial charge in [0.25, 0.3) is 0 Å². The van der Waals surface area contributed by atoms with Crippen LogP contribution in [0.5, 0.6) is 0 Å². The van der Waals surface area contributed by atoms with Gasteiger partial charge < -0.3 is 21.1 Å².